The molecule has 2 N–H and O–H groups in total. The van der Waals surface area contributed by atoms with Gasteiger partial charge in [-0.3, -0.25) is 0 Å². The maximum absolute atomic E-state index is 13.1. The van der Waals surface area contributed by atoms with Crippen LogP contribution in [0.5, 0.6) is 0 Å². The predicted octanol–water partition coefficient (Wildman–Crippen LogP) is 2.74. The predicted molar refractivity (Wildman–Crippen MR) is 70.5 cm³/mol. The highest BCUT2D eigenvalue weighted by Gasteiger charge is 2.12. The highest BCUT2D eigenvalue weighted by atomic mass is 32.2. The molecule has 0 amide bonds. The number of methoxy groups -OCH3 is 1. The molecule has 0 fully saturated rings. The largest absolute Gasteiger partial charge is 0.465 e. The summed E-state index contributed by atoms with van der Waals surface area (Å²) in [6, 6.07) is 7.64. The Kier molecular flexibility index (Phi) is 4.01. The molecule has 0 saturated carbocycles. The van der Waals surface area contributed by atoms with Crippen molar-refractivity contribution in [1.29, 1.82) is 0 Å². The summed E-state index contributed by atoms with van der Waals surface area (Å²) in [6.07, 6.45) is 1.38. The normalized spacial score (nSPS) is 10.2. The van der Waals surface area contributed by atoms with Crippen LogP contribution < -0.4 is 5.73 Å². The summed E-state index contributed by atoms with van der Waals surface area (Å²) < 4.78 is 17.7. The van der Waals surface area contributed by atoms with E-state index in [1.807, 2.05) is 0 Å². The van der Waals surface area contributed by atoms with Crippen LogP contribution in [0, 0.1) is 5.82 Å². The van der Waals surface area contributed by atoms with Crippen LogP contribution in [-0.2, 0) is 4.74 Å². The highest BCUT2D eigenvalue weighted by Crippen LogP contribution is 2.28. The van der Waals surface area contributed by atoms with Gasteiger partial charge in [0.25, 0.3) is 0 Å². The topological polar surface area (TPSA) is 65.2 Å². The molecule has 0 unspecified atom stereocenters. The van der Waals surface area contributed by atoms with Gasteiger partial charge >= 0.3 is 5.97 Å². The van der Waals surface area contributed by atoms with E-state index in [1.165, 1.54) is 43.3 Å². The van der Waals surface area contributed by atoms with Crippen LogP contribution >= 0.6 is 11.8 Å². The highest BCUT2D eigenvalue weighted by molar-refractivity contribution is 7.99. The number of hydrogen-bond donors (Lipinski definition) is 1. The number of nitrogens with zero attached hydrogens (tertiary/aromatic N) is 1. The number of hydrogen-bond acceptors (Lipinski definition) is 5. The van der Waals surface area contributed by atoms with Crippen LogP contribution in [0.2, 0.25) is 0 Å². The second-order valence-corrected chi connectivity index (χ2v) is 4.75. The van der Waals surface area contributed by atoms with E-state index < -0.39 is 5.97 Å². The summed E-state index contributed by atoms with van der Waals surface area (Å²) in [5.74, 6) is -0.852. The molecule has 0 atom stereocenters. The number of nitrogens with two attached hydrogens (primary N) is 1. The molecular weight excluding hydrogens is 267 g/mol. The van der Waals surface area contributed by atoms with Crippen molar-refractivity contribution in [1.82, 2.24) is 4.98 Å². The van der Waals surface area contributed by atoms with Crippen LogP contribution in [0.25, 0.3) is 0 Å². The first-order valence-electron chi connectivity index (χ1n) is 5.37. The average molecular weight is 278 g/mol. The van der Waals surface area contributed by atoms with Gasteiger partial charge in [0.15, 0.2) is 0 Å². The molecule has 0 spiro atoms. The van der Waals surface area contributed by atoms with Gasteiger partial charge in [-0.1, -0.05) is 17.8 Å². The molecule has 0 aliphatic carbocycles. The summed E-state index contributed by atoms with van der Waals surface area (Å²) >= 11 is 1.24. The molecule has 0 aliphatic heterocycles. The van der Waals surface area contributed by atoms with Gasteiger partial charge in [0.2, 0.25) is 0 Å². The van der Waals surface area contributed by atoms with E-state index in [4.69, 9.17) is 5.73 Å². The zero-order valence-corrected chi connectivity index (χ0v) is 10.9. The first-order chi connectivity index (χ1) is 9.10. The summed E-state index contributed by atoms with van der Waals surface area (Å²) in [5, 5.41) is 0.542. The number of halogens is 1. The second-order valence-electron chi connectivity index (χ2n) is 3.66. The summed E-state index contributed by atoms with van der Waals surface area (Å²) in [6.45, 7) is 0. The van der Waals surface area contributed by atoms with Crippen molar-refractivity contribution < 1.29 is 13.9 Å². The van der Waals surface area contributed by atoms with Crippen LogP contribution in [0.4, 0.5) is 10.1 Å². The Bertz CT molecular complexity index is 619. The fourth-order valence-corrected chi connectivity index (χ4v) is 2.28. The Morgan fingerprint density at radius 1 is 1.42 bits per heavy atom. The van der Waals surface area contributed by atoms with Gasteiger partial charge in [0.1, 0.15) is 10.8 Å². The van der Waals surface area contributed by atoms with E-state index in [0.29, 0.717) is 9.92 Å². The quantitative estimate of drug-likeness (QED) is 0.874. The standard InChI is InChI=1S/C13H11FN2O2S/c1-18-13(17)10-6-12(16-7-11(10)15)19-9-4-2-3-8(14)5-9/h2-7H,15H2,1H3. The number of ether oxygens (including phenoxy) is 1. The fraction of sp³-hybridized carbons (Fsp3) is 0.0769. The molecular formula is C13H11FN2O2S. The number of pyridine rings is 1. The first kappa shape index (κ1) is 13.4. The molecule has 2 rings (SSSR count). The Labute approximate surface area is 113 Å². The van der Waals surface area contributed by atoms with E-state index in [1.54, 1.807) is 12.1 Å². The minimum atomic E-state index is -0.527. The lowest BCUT2D eigenvalue weighted by atomic mass is 10.2. The molecule has 4 nitrogen and oxygen atoms in total. The third-order valence-corrected chi connectivity index (χ3v) is 3.26. The van der Waals surface area contributed by atoms with Crippen LogP contribution in [0.15, 0.2) is 46.5 Å². The van der Waals surface area contributed by atoms with Crippen molar-refractivity contribution in [3.8, 4) is 0 Å². The molecule has 1 aromatic carbocycles. The van der Waals surface area contributed by atoms with Crippen molar-refractivity contribution >= 4 is 23.4 Å². The Morgan fingerprint density at radius 3 is 2.89 bits per heavy atom. The van der Waals surface area contributed by atoms with Crippen molar-refractivity contribution in [2.45, 2.75) is 9.92 Å². The number of rotatable bonds is 3. The van der Waals surface area contributed by atoms with Crippen LogP contribution in [0.1, 0.15) is 10.4 Å². The van der Waals surface area contributed by atoms with Crippen LogP contribution in [0.3, 0.4) is 0 Å². The number of aromatic nitrogens is 1. The maximum Gasteiger partial charge on any atom is 0.340 e. The van der Waals surface area contributed by atoms with Gasteiger partial charge in [-0.25, -0.2) is 14.2 Å². The lowest BCUT2D eigenvalue weighted by Gasteiger charge is -2.06. The Morgan fingerprint density at radius 2 is 2.21 bits per heavy atom. The smallest absolute Gasteiger partial charge is 0.340 e. The third kappa shape index (κ3) is 3.23. The van der Waals surface area contributed by atoms with Gasteiger partial charge in [0, 0.05) is 4.90 Å². The molecule has 0 aliphatic rings. The number of nitrogen functional groups attached to an aromatic ring is 1. The first-order valence-corrected chi connectivity index (χ1v) is 6.19. The SMILES string of the molecule is COC(=O)c1cc(Sc2cccc(F)c2)ncc1N. The number of esters is 1. The van der Waals surface area contributed by atoms with E-state index in [9.17, 15) is 9.18 Å². The maximum atomic E-state index is 13.1. The summed E-state index contributed by atoms with van der Waals surface area (Å²) in [7, 11) is 1.28. The van der Waals surface area contributed by atoms with Crippen molar-refractivity contribution in [3.05, 3.63) is 47.9 Å². The van der Waals surface area contributed by atoms with Crippen molar-refractivity contribution in [3.63, 3.8) is 0 Å². The van der Waals surface area contributed by atoms with E-state index in [2.05, 4.69) is 9.72 Å². The van der Waals surface area contributed by atoms with Gasteiger partial charge in [0.05, 0.1) is 24.6 Å². The molecule has 6 heteroatoms. The molecule has 0 radical (unpaired) electrons. The molecule has 0 bridgehead atoms. The minimum absolute atomic E-state index is 0.246. The minimum Gasteiger partial charge on any atom is -0.465 e. The van der Waals surface area contributed by atoms with Crippen molar-refractivity contribution in [2.75, 3.05) is 12.8 Å². The Hall–Kier alpha value is -2.08. The molecule has 19 heavy (non-hydrogen) atoms. The van der Waals surface area contributed by atoms with Gasteiger partial charge in [-0.2, -0.15) is 0 Å². The van der Waals surface area contributed by atoms with E-state index >= 15 is 0 Å². The van der Waals surface area contributed by atoms with Gasteiger partial charge < -0.3 is 10.5 Å². The zero-order valence-electron chi connectivity index (χ0n) is 10.1. The van der Waals surface area contributed by atoms with Gasteiger partial charge in [-0.05, 0) is 24.3 Å². The third-order valence-electron chi connectivity index (χ3n) is 2.33. The lowest BCUT2D eigenvalue weighted by molar-refractivity contribution is 0.0601. The molecule has 98 valence electrons. The fourth-order valence-electron chi connectivity index (χ4n) is 1.44. The zero-order chi connectivity index (χ0) is 13.8. The van der Waals surface area contributed by atoms with Crippen molar-refractivity contribution in [2.24, 2.45) is 0 Å². The lowest BCUT2D eigenvalue weighted by Crippen LogP contribution is -2.06. The molecule has 1 aromatic heterocycles. The number of benzene rings is 1. The number of anilines is 1. The number of carbonyl (C=O) groups is 1. The summed E-state index contributed by atoms with van der Waals surface area (Å²) in [5.41, 5.74) is 6.14. The van der Waals surface area contributed by atoms with Gasteiger partial charge in [-0.15, -0.1) is 0 Å². The molecule has 1 heterocycles. The van der Waals surface area contributed by atoms with Crippen LogP contribution in [-0.4, -0.2) is 18.1 Å². The number of carbonyl (C=O) groups excluding carboxylic acids is 1. The van der Waals surface area contributed by atoms with E-state index in [-0.39, 0.29) is 17.1 Å². The monoisotopic (exact) mass is 278 g/mol. The second kappa shape index (κ2) is 5.71. The summed E-state index contributed by atoms with van der Waals surface area (Å²) in [4.78, 5) is 16.3. The molecule has 2 aromatic rings. The molecule has 0 saturated heterocycles. The average Bonchev–Trinajstić information content (AvgIpc) is 2.40. The Balaban J connectivity index is 2.29. The van der Waals surface area contributed by atoms with E-state index in [0.717, 1.165) is 0 Å².